The molecule has 2 unspecified atom stereocenters. The minimum absolute atomic E-state index is 0.202. The fourth-order valence-corrected chi connectivity index (χ4v) is 3.50. The van der Waals surface area contributed by atoms with Gasteiger partial charge in [0.15, 0.2) is 0 Å². The molecule has 1 aliphatic heterocycles. The molecular formula is C22H26FN3O3. The van der Waals surface area contributed by atoms with Crippen molar-refractivity contribution in [1.29, 1.82) is 0 Å². The second-order valence-electron chi connectivity index (χ2n) is 7.01. The molecule has 7 heteroatoms. The first-order valence-electron chi connectivity index (χ1n) is 9.74. The fraction of sp³-hybridized carbons (Fsp3) is 0.364. The number of nitrogens with one attached hydrogen (secondary N) is 1. The number of nitrogens with zero attached hydrogens (tertiary/aromatic N) is 2. The predicted molar refractivity (Wildman–Crippen MR) is 111 cm³/mol. The summed E-state index contributed by atoms with van der Waals surface area (Å²) >= 11 is 0. The van der Waals surface area contributed by atoms with Crippen LogP contribution in [0.25, 0.3) is 0 Å². The number of halogens is 1. The molecule has 0 aromatic heterocycles. The predicted octanol–water partition coefficient (Wildman–Crippen LogP) is 3.29. The zero-order chi connectivity index (χ0) is 21.0. The van der Waals surface area contributed by atoms with Gasteiger partial charge in [0.05, 0.1) is 30.1 Å². The summed E-state index contributed by atoms with van der Waals surface area (Å²) in [5.74, 6) is -0.271. The lowest BCUT2D eigenvalue weighted by Crippen LogP contribution is -2.48. The quantitative estimate of drug-likeness (QED) is 0.776. The van der Waals surface area contributed by atoms with Crippen LogP contribution in [0.4, 0.5) is 15.8 Å². The number of benzene rings is 2. The molecule has 1 aliphatic rings. The summed E-state index contributed by atoms with van der Waals surface area (Å²) in [6.45, 7) is 4.53. The zero-order valence-corrected chi connectivity index (χ0v) is 16.9. The normalized spacial score (nSPS) is 17.5. The Kier molecular flexibility index (Phi) is 6.49. The average Bonchev–Trinajstić information content (AvgIpc) is 3.10. The van der Waals surface area contributed by atoms with Crippen LogP contribution in [0.3, 0.4) is 0 Å². The van der Waals surface area contributed by atoms with Crippen LogP contribution >= 0.6 is 0 Å². The van der Waals surface area contributed by atoms with Crippen LogP contribution < -0.4 is 15.0 Å². The van der Waals surface area contributed by atoms with Crippen molar-refractivity contribution in [3.05, 3.63) is 54.3 Å². The molecule has 1 saturated heterocycles. The van der Waals surface area contributed by atoms with Crippen LogP contribution in [0.5, 0.6) is 5.75 Å². The second kappa shape index (κ2) is 9.05. The van der Waals surface area contributed by atoms with Crippen molar-refractivity contribution in [3.63, 3.8) is 0 Å². The van der Waals surface area contributed by atoms with Crippen LogP contribution in [-0.4, -0.2) is 49.0 Å². The Morgan fingerprint density at radius 2 is 1.97 bits per heavy atom. The van der Waals surface area contributed by atoms with E-state index < -0.39 is 17.9 Å². The Morgan fingerprint density at radius 3 is 2.69 bits per heavy atom. The van der Waals surface area contributed by atoms with Gasteiger partial charge in [-0.25, -0.2) is 4.39 Å². The van der Waals surface area contributed by atoms with E-state index in [0.29, 0.717) is 31.0 Å². The Balaban J connectivity index is 1.69. The van der Waals surface area contributed by atoms with Crippen LogP contribution in [0, 0.1) is 5.82 Å². The number of ether oxygens (including phenoxy) is 1. The highest BCUT2D eigenvalue weighted by molar-refractivity contribution is 6.01. The Hall–Kier alpha value is -2.93. The molecule has 0 saturated carbocycles. The fourth-order valence-electron chi connectivity index (χ4n) is 3.50. The van der Waals surface area contributed by atoms with E-state index in [1.54, 1.807) is 49.2 Å². The lowest BCUT2D eigenvalue weighted by Gasteiger charge is -2.29. The lowest BCUT2D eigenvalue weighted by molar-refractivity contribution is -0.125. The average molecular weight is 399 g/mol. The summed E-state index contributed by atoms with van der Waals surface area (Å²) in [5, 5.41) is 2.88. The second-order valence-corrected chi connectivity index (χ2v) is 7.01. The molecule has 0 aliphatic carbocycles. The van der Waals surface area contributed by atoms with Crippen molar-refractivity contribution in [2.24, 2.45) is 0 Å². The van der Waals surface area contributed by atoms with Crippen molar-refractivity contribution < 1.29 is 18.7 Å². The first-order valence-corrected chi connectivity index (χ1v) is 9.74. The molecule has 1 fully saturated rings. The standard InChI is InChI=1S/C22H26FN3O3/c1-4-29-20-12-8-6-10-17(20)24-21(27)15(2)25(3)19-13-14-26(22(19)28)18-11-7-5-9-16(18)23/h5-12,15,19H,4,13-14H2,1-3H3,(H,24,27). The summed E-state index contributed by atoms with van der Waals surface area (Å²) in [6, 6.07) is 12.4. The van der Waals surface area contributed by atoms with E-state index in [-0.39, 0.29) is 17.5 Å². The molecule has 6 nitrogen and oxygen atoms in total. The molecule has 2 aromatic carbocycles. The Labute approximate surface area is 170 Å². The van der Waals surface area contributed by atoms with Gasteiger partial charge in [0.1, 0.15) is 11.6 Å². The van der Waals surface area contributed by atoms with Crippen LogP contribution in [0.2, 0.25) is 0 Å². The first-order chi connectivity index (χ1) is 13.9. The van der Waals surface area contributed by atoms with Gasteiger partial charge in [-0.1, -0.05) is 24.3 Å². The number of anilines is 2. The van der Waals surface area contributed by atoms with E-state index in [9.17, 15) is 14.0 Å². The highest BCUT2D eigenvalue weighted by Crippen LogP contribution is 2.28. The smallest absolute Gasteiger partial charge is 0.244 e. The highest BCUT2D eigenvalue weighted by Gasteiger charge is 2.39. The topological polar surface area (TPSA) is 61.9 Å². The molecule has 154 valence electrons. The van der Waals surface area contributed by atoms with E-state index >= 15 is 0 Å². The molecule has 3 rings (SSSR count). The van der Waals surface area contributed by atoms with E-state index in [1.165, 1.54) is 11.0 Å². The van der Waals surface area contributed by atoms with Gasteiger partial charge in [0, 0.05) is 6.54 Å². The highest BCUT2D eigenvalue weighted by atomic mass is 19.1. The minimum Gasteiger partial charge on any atom is -0.492 e. The molecule has 1 heterocycles. The number of hydrogen-bond acceptors (Lipinski definition) is 4. The van der Waals surface area contributed by atoms with E-state index in [4.69, 9.17) is 4.74 Å². The van der Waals surface area contributed by atoms with Crippen LogP contribution in [-0.2, 0) is 9.59 Å². The van der Waals surface area contributed by atoms with Gasteiger partial charge < -0.3 is 15.0 Å². The Bertz CT molecular complexity index is 889. The molecule has 0 radical (unpaired) electrons. The largest absolute Gasteiger partial charge is 0.492 e. The monoisotopic (exact) mass is 399 g/mol. The molecule has 0 spiro atoms. The Morgan fingerprint density at radius 1 is 1.28 bits per heavy atom. The zero-order valence-electron chi connectivity index (χ0n) is 16.9. The number of para-hydroxylation sites is 3. The van der Waals surface area contributed by atoms with Crippen LogP contribution in [0.1, 0.15) is 20.3 Å². The summed E-state index contributed by atoms with van der Waals surface area (Å²) < 4.78 is 19.6. The third-order valence-corrected chi connectivity index (χ3v) is 5.25. The van der Waals surface area contributed by atoms with Gasteiger partial charge in [-0.3, -0.25) is 14.5 Å². The molecule has 0 bridgehead atoms. The maximum atomic E-state index is 14.1. The molecule has 2 atom stereocenters. The summed E-state index contributed by atoms with van der Waals surface area (Å²) in [4.78, 5) is 28.9. The van der Waals surface area contributed by atoms with Gasteiger partial charge in [0.2, 0.25) is 11.8 Å². The molecule has 2 aromatic rings. The molecule has 29 heavy (non-hydrogen) atoms. The van der Waals surface area contributed by atoms with Crippen molar-refractivity contribution in [1.82, 2.24) is 4.90 Å². The minimum atomic E-state index is -0.556. The third-order valence-electron chi connectivity index (χ3n) is 5.25. The van der Waals surface area contributed by atoms with Crippen molar-refractivity contribution in [2.75, 3.05) is 30.4 Å². The lowest BCUT2D eigenvalue weighted by atomic mass is 10.1. The summed E-state index contributed by atoms with van der Waals surface area (Å²) in [5.41, 5.74) is 0.862. The van der Waals surface area contributed by atoms with Gasteiger partial charge >= 0.3 is 0 Å². The maximum Gasteiger partial charge on any atom is 0.244 e. The van der Waals surface area contributed by atoms with Crippen molar-refractivity contribution in [2.45, 2.75) is 32.4 Å². The van der Waals surface area contributed by atoms with Gasteiger partial charge in [-0.2, -0.15) is 0 Å². The van der Waals surface area contributed by atoms with Gasteiger partial charge in [-0.05, 0) is 51.6 Å². The number of hydrogen-bond donors (Lipinski definition) is 1. The van der Waals surface area contributed by atoms with Crippen molar-refractivity contribution in [3.8, 4) is 5.75 Å². The van der Waals surface area contributed by atoms with Crippen molar-refractivity contribution >= 4 is 23.2 Å². The van der Waals surface area contributed by atoms with Gasteiger partial charge in [0.25, 0.3) is 0 Å². The first kappa shape index (κ1) is 20.8. The number of amides is 2. The maximum absolute atomic E-state index is 14.1. The summed E-state index contributed by atoms with van der Waals surface area (Å²) in [6.07, 6.45) is 0.525. The van der Waals surface area contributed by atoms with E-state index in [2.05, 4.69) is 5.32 Å². The number of likely N-dealkylation sites (N-methyl/N-ethyl adjacent to an activating group) is 1. The molecular weight excluding hydrogens is 373 g/mol. The third kappa shape index (κ3) is 4.40. The van der Waals surface area contributed by atoms with Gasteiger partial charge in [-0.15, -0.1) is 0 Å². The SMILES string of the molecule is CCOc1ccccc1NC(=O)C(C)N(C)C1CCN(c2ccccc2F)C1=O. The number of carbonyl (C=O) groups is 2. The molecule has 2 amide bonds. The molecule has 1 N–H and O–H groups in total. The van der Waals surface area contributed by atoms with Crippen LogP contribution in [0.15, 0.2) is 48.5 Å². The number of rotatable bonds is 7. The van der Waals surface area contributed by atoms with E-state index in [1.807, 2.05) is 19.1 Å². The summed E-state index contributed by atoms with van der Waals surface area (Å²) in [7, 11) is 1.74. The number of carbonyl (C=O) groups excluding carboxylic acids is 2. The van der Waals surface area contributed by atoms with E-state index in [0.717, 1.165) is 0 Å².